The summed E-state index contributed by atoms with van der Waals surface area (Å²) < 4.78 is 19.2. The van der Waals surface area contributed by atoms with Crippen LogP contribution in [0.5, 0.6) is 5.75 Å². The van der Waals surface area contributed by atoms with Gasteiger partial charge in [-0.05, 0) is 36.4 Å². The molecule has 1 N–H and O–H groups in total. The molecule has 0 saturated carbocycles. The maximum absolute atomic E-state index is 14.1. The third-order valence-electron chi connectivity index (χ3n) is 5.15. The predicted octanol–water partition coefficient (Wildman–Crippen LogP) is 2.78. The Morgan fingerprint density at radius 1 is 1.07 bits per heavy atom. The molecule has 0 unspecified atom stereocenters. The van der Waals surface area contributed by atoms with Gasteiger partial charge in [0.25, 0.3) is 5.56 Å². The number of rotatable bonds is 4. The first-order chi connectivity index (χ1) is 14.6. The van der Waals surface area contributed by atoms with Gasteiger partial charge in [-0.2, -0.15) is 5.26 Å². The van der Waals surface area contributed by atoms with Crippen molar-refractivity contribution in [3.05, 3.63) is 70.3 Å². The maximum Gasteiger partial charge on any atom is 0.270 e. The largest absolute Gasteiger partial charge is 0.497 e. The Morgan fingerprint density at radius 2 is 1.73 bits per heavy atom. The Hall–Kier alpha value is -3.86. The number of methoxy groups -OCH3 is 1. The molecule has 1 aromatic heterocycles. The second kappa shape index (κ2) is 8.25. The third-order valence-corrected chi connectivity index (χ3v) is 5.15. The Morgan fingerprint density at radius 3 is 2.37 bits per heavy atom. The van der Waals surface area contributed by atoms with Crippen molar-refractivity contribution >= 4 is 11.6 Å². The van der Waals surface area contributed by atoms with E-state index in [0.717, 1.165) is 0 Å². The number of aromatic amines is 1. The molecule has 1 aliphatic rings. The van der Waals surface area contributed by atoms with Crippen molar-refractivity contribution in [1.29, 1.82) is 5.26 Å². The zero-order valence-electron chi connectivity index (χ0n) is 16.4. The topological polar surface area (TPSA) is 85.2 Å². The lowest BCUT2D eigenvalue weighted by Crippen LogP contribution is -2.47. The van der Waals surface area contributed by atoms with Gasteiger partial charge in [-0.25, -0.2) is 9.37 Å². The van der Waals surface area contributed by atoms with Crippen molar-refractivity contribution in [2.24, 2.45) is 0 Å². The van der Waals surface area contributed by atoms with Gasteiger partial charge in [-0.1, -0.05) is 12.1 Å². The van der Waals surface area contributed by atoms with Gasteiger partial charge in [0.1, 0.15) is 23.2 Å². The average Bonchev–Trinajstić information content (AvgIpc) is 2.79. The first kappa shape index (κ1) is 19.5. The average molecular weight is 405 g/mol. The summed E-state index contributed by atoms with van der Waals surface area (Å²) in [7, 11) is 1.57. The molecule has 2 aromatic carbocycles. The third kappa shape index (κ3) is 3.70. The van der Waals surface area contributed by atoms with Gasteiger partial charge < -0.3 is 14.5 Å². The molecule has 1 fully saturated rings. The van der Waals surface area contributed by atoms with Gasteiger partial charge in [-0.15, -0.1) is 0 Å². The Balaban J connectivity index is 1.61. The smallest absolute Gasteiger partial charge is 0.270 e. The van der Waals surface area contributed by atoms with E-state index in [1.807, 2.05) is 21.9 Å². The van der Waals surface area contributed by atoms with Crippen molar-refractivity contribution in [3.63, 3.8) is 0 Å². The van der Waals surface area contributed by atoms with Gasteiger partial charge in [0.2, 0.25) is 5.95 Å². The van der Waals surface area contributed by atoms with E-state index in [-0.39, 0.29) is 11.4 Å². The van der Waals surface area contributed by atoms with Gasteiger partial charge in [0, 0.05) is 31.7 Å². The van der Waals surface area contributed by atoms with Gasteiger partial charge in [-0.3, -0.25) is 9.78 Å². The second-order valence-corrected chi connectivity index (χ2v) is 6.88. The number of ether oxygens (including phenoxy) is 1. The monoisotopic (exact) mass is 405 g/mol. The van der Waals surface area contributed by atoms with Crippen LogP contribution in [0.4, 0.5) is 16.0 Å². The van der Waals surface area contributed by atoms with Crippen LogP contribution in [-0.4, -0.2) is 43.3 Å². The molecule has 0 bridgehead atoms. The fraction of sp³-hybridized carbons (Fsp3) is 0.227. The highest BCUT2D eigenvalue weighted by molar-refractivity contribution is 5.68. The molecular formula is C22H20FN5O2. The van der Waals surface area contributed by atoms with Crippen molar-refractivity contribution < 1.29 is 9.13 Å². The fourth-order valence-corrected chi connectivity index (χ4v) is 3.54. The van der Waals surface area contributed by atoms with Crippen LogP contribution in [0.2, 0.25) is 0 Å². The van der Waals surface area contributed by atoms with E-state index in [1.54, 1.807) is 43.5 Å². The maximum atomic E-state index is 14.1. The molecule has 2 heterocycles. The van der Waals surface area contributed by atoms with Crippen LogP contribution in [0.3, 0.4) is 0 Å². The summed E-state index contributed by atoms with van der Waals surface area (Å²) in [5, 5.41) is 9.46. The summed E-state index contributed by atoms with van der Waals surface area (Å²) in [5.41, 5.74) is 1.04. The molecule has 30 heavy (non-hydrogen) atoms. The van der Waals surface area contributed by atoms with Crippen LogP contribution < -0.4 is 20.1 Å². The Bertz CT molecular complexity index is 1150. The van der Waals surface area contributed by atoms with E-state index in [0.29, 0.717) is 54.8 Å². The molecule has 0 atom stereocenters. The van der Waals surface area contributed by atoms with Crippen LogP contribution in [-0.2, 0) is 0 Å². The number of nitrogens with one attached hydrogen (secondary N) is 1. The number of aromatic nitrogens is 2. The number of para-hydroxylation sites is 1. The summed E-state index contributed by atoms with van der Waals surface area (Å²) in [6.45, 7) is 2.29. The van der Waals surface area contributed by atoms with E-state index in [1.165, 1.54) is 6.07 Å². The molecule has 0 aliphatic carbocycles. The van der Waals surface area contributed by atoms with E-state index in [9.17, 15) is 14.4 Å². The minimum Gasteiger partial charge on any atom is -0.497 e. The molecule has 8 heteroatoms. The van der Waals surface area contributed by atoms with Crippen molar-refractivity contribution in [1.82, 2.24) is 9.97 Å². The molecule has 3 aromatic rings. The number of benzene rings is 2. The normalized spacial score (nSPS) is 13.8. The molecule has 0 spiro atoms. The fourth-order valence-electron chi connectivity index (χ4n) is 3.54. The molecule has 7 nitrogen and oxygen atoms in total. The predicted molar refractivity (Wildman–Crippen MR) is 112 cm³/mol. The van der Waals surface area contributed by atoms with Crippen LogP contribution in [0.15, 0.2) is 53.3 Å². The minimum absolute atomic E-state index is 0.0334. The summed E-state index contributed by atoms with van der Waals surface area (Å²) >= 11 is 0. The highest BCUT2D eigenvalue weighted by atomic mass is 19.1. The molecule has 0 amide bonds. The molecule has 4 rings (SSSR count). The van der Waals surface area contributed by atoms with Gasteiger partial charge in [0.15, 0.2) is 0 Å². The van der Waals surface area contributed by atoms with Crippen LogP contribution >= 0.6 is 0 Å². The molecule has 152 valence electrons. The number of piperazine rings is 1. The van der Waals surface area contributed by atoms with Crippen molar-refractivity contribution in [2.75, 3.05) is 43.1 Å². The number of anilines is 2. The number of halogens is 1. The Kier molecular flexibility index (Phi) is 5.35. The lowest BCUT2D eigenvalue weighted by atomic mass is 10.1. The first-order valence-corrected chi connectivity index (χ1v) is 9.54. The quantitative estimate of drug-likeness (QED) is 0.719. The molecular weight excluding hydrogens is 385 g/mol. The van der Waals surface area contributed by atoms with Gasteiger partial charge >= 0.3 is 0 Å². The van der Waals surface area contributed by atoms with E-state index >= 15 is 0 Å². The zero-order valence-corrected chi connectivity index (χ0v) is 16.4. The summed E-state index contributed by atoms with van der Waals surface area (Å²) in [5.74, 6) is 0.822. The first-order valence-electron chi connectivity index (χ1n) is 9.54. The molecule has 1 aliphatic heterocycles. The molecule has 1 saturated heterocycles. The highest BCUT2D eigenvalue weighted by Crippen LogP contribution is 2.25. The lowest BCUT2D eigenvalue weighted by molar-refractivity contribution is 0.415. The van der Waals surface area contributed by atoms with Crippen LogP contribution in [0.1, 0.15) is 5.56 Å². The minimum atomic E-state index is -0.482. The zero-order chi connectivity index (χ0) is 21.1. The Labute approximate surface area is 173 Å². The highest BCUT2D eigenvalue weighted by Gasteiger charge is 2.23. The number of H-pyrrole nitrogens is 1. The lowest BCUT2D eigenvalue weighted by Gasteiger charge is -2.36. The number of hydrogen-bond acceptors (Lipinski definition) is 6. The molecule has 0 radical (unpaired) electrons. The van der Waals surface area contributed by atoms with Gasteiger partial charge in [0.05, 0.1) is 18.5 Å². The van der Waals surface area contributed by atoms with Crippen molar-refractivity contribution in [2.45, 2.75) is 0 Å². The summed E-state index contributed by atoms with van der Waals surface area (Å²) in [4.78, 5) is 23.7. The summed E-state index contributed by atoms with van der Waals surface area (Å²) in [6, 6.07) is 15.7. The summed E-state index contributed by atoms with van der Waals surface area (Å²) in [6.07, 6.45) is 0. The number of hydrogen-bond donors (Lipinski definition) is 1. The van der Waals surface area contributed by atoms with E-state index < -0.39 is 5.56 Å². The number of nitriles is 1. The van der Waals surface area contributed by atoms with Crippen LogP contribution in [0.25, 0.3) is 11.3 Å². The van der Waals surface area contributed by atoms with Crippen LogP contribution in [0, 0.1) is 17.1 Å². The standard InChI is InChI=1S/C22H20FN5O2/c1-30-16-8-6-15(7-9-16)20-17(14-24)21(29)26-22(25-20)28-12-10-27(11-13-28)19-5-3-2-4-18(19)23/h2-9H,10-13H2,1H3,(H,25,26,29). The van der Waals surface area contributed by atoms with Crippen molar-refractivity contribution in [3.8, 4) is 23.1 Å². The SMILES string of the molecule is COc1ccc(-c2nc(N3CCN(c4ccccc4F)CC3)[nH]c(=O)c2C#N)cc1. The van der Waals surface area contributed by atoms with E-state index in [2.05, 4.69) is 9.97 Å². The second-order valence-electron chi connectivity index (χ2n) is 6.88. The van der Waals surface area contributed by atoms with E-state index in [4.69, 9.17) is 4.74 Å². The number of nitrogens with zero attached hydrogens (tertiary/aromatic N) is 4.